The zero-order chi connectivity index (χ0) is 7.40. The summed E-state index contributed by atoms with van der Waals surface area (Å²) in [5.41, 5.74) is 1.37. The maximum Gasteiger partial charge on any atom is 0.0369 e. The molecule has 0 N–H and O–H groups in total. The minimum Gasteiger partial charge on any atom is -0.0847 e. The van der Waals surface area contributed by atoms with Gasteiger partial charge in [-0.1, -0.05) is 42.3 Å². The quantitative estimate of drug-likeness (QED) is 0.543. The second kappa shape index (κ2) is 3.62. The molecule has 0 aromatic heterocycles. The maximum absolute atomic E-state index is 5.78. The van der Waals surface area contributed by atoms with E-state index in [2.05, 4.69) is 19.1 Å². The van der Waals surface area contributed by atoms with E-state index in [4.69, 9.17) is 11.6 Å². The number of rotatable bonds is 1. The van der Waals surface area contributed by atoms with Crippen LogP contribution in [0, 0.1) is 0 Å². The monoisotopic (exact) mass is 154 g/mol. The van der Waals surface area contributed by atoms with Gasteiger partial charge in [-0.3, -0.25) is 0 Å². The Bertz CT molecular complexity index is 197. The Hall–Kier alpha value is -0.490. The van der Waals surface area contributed by atoms with Crippen molar-refractivity contribution in [2.45, 2.75) is 19.8 Å². The molecule has 0 saturated heterocycles. The van der Waals surface area contributed by atoms with Gasteiger partial charge >= 0.3 is 0 Å². The highest BCUT2D eigenvalue weighted by Gasteiger charge is 1.92. The molecule has 0 spiro atoms. The van der Waals surface area contributed by atoms with Crippen LogP contribution >= 0.6 is 11.6 Å². The van der Waals surface area contributed by atoms with Gasteiger partial charge in [0.25, 0.3) is 0 Å². The SMILES string of the molecule is CCC1=CCC=C(Cl)C=C1. The van der Waals surface area contributed by atoms with Crippen molar-refractivity contribution < 1.29 is 0 Å². The smallest absolute Gasteiger partial charge is 0.0369 e. The van der Waals surface area contributed by atoms with Crippen molar-refractivity contribution >= 4 is 11.6 Å². The number of hydrogen-bond donors (Lipinski definition) is 0. The first-order valence-corrected chi connectivity index (χ1v) is 3.93. The second-order valence-electron chi connectivity index (χ2n) is 2.29. The van der Waals surface area contributed by atoms with E-state index in [-0.39, 0.29) is 0 Å². The lowest BCUT2D eigenvalue weighted by molar-refractivity contribution is 1.13. The van der Waals surface area contributed by atoms with Crippen LogP contribution in [0.4, 0.5) is 0 Å². The molecule has 54 valence electrons. The van der Waals surface area contributed by atoms with Gasteiger partial charge in [-0.15, -0.1) is 0 Å². The van der Waals surface area contributed by atoms with Crippen molar-refractivity contribution in [2.75, 3.05) is 0 Å². The lowest BCUT2D eigenvalue weighted by Gasteiger charge is -1.90. The van der Waals surface area contributed by atoms with Crippen LogP contribution in [0.1, 0.15) is 19.8 Å². The number of allylic oxidation sites excluding steroid dienone is 6. The van der Waals surface area contributed by atoms with Crippen LogP contribution in [0.5, 0.6) is 0 Å². The molecule has 0 fully saturated rings. The fourth-order valence-corrected chi connectivity index (χ4v) is 1.06. The van der Waals surface area contributed by atoms with E-state index in [0.29, 0.717) is 0 Å². The maximum atomic E-state index is 5.78. The summed E-state index contributed by atoms with van der Waals surface area (Å²) < 4.78 is 0. The molecule has 1 aliphatic rings. The Morgan fingerprint density at radius 1 is 1.40 bits per heavy atom. The van der Waals surface area contributed by atoms with Crippen molar-refractivity contribution in [1.29, 1.82) is 0 Å². The van der Waals surface area contributed by atoms with Crippen molar-refractivity contribution in [3.63, 3.8) is 0 Å². The van der Waals surface area contributed by atoms with Crippen LogP contribution in [-0.2, 0) is 0 Å². The Morgan fingerprint density at radius 3 is 2.90 bits per heavy atom. The van der Waals surface area contributed by atoms with E-state index in [9.17, 15) is 0 Å². The predicted octanol–water partition coefficient (Wildman–Crippen LogP) is 3.41. The molecule has 0 unspecified atom stereocenters. The van der Waals surface area contributed by atoms with E-state index in [1.165, 1.54) is 5.57 Å². The average Bonchev–Trinajstić information content (AvgIpc) is 2.14. The van der Waals surface area contributed by atoms with Gasteiger partial charge in [0.1, 0.15) is 0 Å². The Kier molecular flexibility index (Phi) is 2.76. The molecule has 1 aliphatic carbocycles. The van der Waals surface area contributed by atoms with Gasteiger partial charge in [0.05, 0.1) is 0 Å². The normalized spacial score (nSPS) is 17.8. The fourth-order valence-electron chi connectivity index (χ4n) is 0.908. The van der Waals surface area contributed by atoms with Crippen LogP contribution in [0.2, 0.25) is 0 Å². The summed E-state index contributed by atoms with van der Waals surface area (Å²) in [6, 6.07) is 0. The van der Waals surface area contributed by atoms with Gasteiger partial charge in [0, 0.05) is 5.03 Å². The van der Waals surface area contributed by atoms with Gasteiger partial charge in [0.2, 0.25) is 0 Å². The van der Waals surface area contributed by atoms with E-state index in [1.807, 2.05) is 12.2 Å². The third kappa shape index (κ3) is 2.03. The molecular weight excluding hydrogens is 144 g/mol. The van der Waals surface area contributed by atoms with Crippen LogP contribution in [-0.4, -0.2) is 0 Å². The highest BCUT2D eigenvalue weighted by molar-refractivity contribution is 6.31. The van der Waals surface area contributed by atoms with Crippen molar-refractivity contribution in [3.8, 4) is 0 Å². The molecule has 0 aromatic rings. The molecule has 10 heavy (non-hydrogen) atoms. The summed E-state index contributed by atoms with van der Waals surface area (Å²) in [7, 11) is 0. The van der Waals surface area contributed by atoms with Gasteiger partial charge in [0.15, 0.2) is 0 Å². The summed E-state index contributed by atoms with van der Waals surface area (Å²) in [6.07, 6.45) is 10.3. The lowest BCUT2D eigenvalue weighted by atomic mass is 10.2. The number of hydrogen-bond acceptors (Lipinski definition) is 0. The van der Waals surface area contributed by atoms with E-state index in [0.717, 1.165) is 17.9 Å². The molecule has 0 radical (unpaired) electrons. The molecule has 0 bridgehead atoms. The molecule has 0 saturated carbocycles. The molecule has 0 heterocycles. The first kappa shape index (κ1) is 7.62. The summed E-state index contributed by atoms with van der Waals surface area (Å²) in [5, 5.41) is 0.847. The fraction of sp³-hybridized carbons (Fsp3) is 0.333. The predicted molar refractivity (Wildman–Crippen MR) is 46.1 cm³/mol. The first-order valence-electron chi connectivity index (χ1n) is 3.55. The highest BCUT2D eigenvalue weighted by Crippen LogP contribution is 2.14. The van der Waals surface area contributed by atoms with Crippen LogP contribution in [0.15, 0.2) is 34.9 Å². The molecule has 0 nitrogen and oxygen atoms in total. The Balaban J connectivity index is 2.69. The summed E-state index contributed by atoms with van der Waals surface area (Å²) in [5.74, 6) is 0. The van der Waals surface area contributed by atoms with Crippen LogP contribution < -0.4 is 0 Å². The molecule has 0 aromatic carbocycles. The topological polar surface area (TPSA) is 0 Å². The van der Waals surface area contributed by atoms with Crippen LogP contribution in [0.25, 0.3) is 0 Å². The third-order valence-electron chi connectivity index (χ3n) is 1.56. The second-order valence-corrected chi connectivity index (χ2v) is 2.73. The Labute approximate surface area is 66.9 Å². The van der Waals surface area contributed by atoms with Crippen molar-refractivity contribution in [1.82, 2.24) is 0 Å². The summed E-state index contributed by atoms with van der Waals surface area (Å²) in [4.78, 5) is 0. The van der Waals surface area contributed by atoms with Gasteiger partial charge in [-0.05, 0) is 18.9 Å². The van der Waals surface area contributed by atoms with Crippen molar-refractivity contribution in [3.05, 3.63) is 34.9 Å². The van der Waals surface area contributed by atoms with E-state index in [1.54, 1.807) is 0 Å². The molecule has 0 amide bonds. The van der Waals surface area contributed by atoms with E-state index >= 15 is 0 Å². The molecule has 1 rings (SSSR count). The Morgan fingerprint density at radius 2 is 2.20 bits per heavy atom. The minimum atomic E-state index is 0.847. The first-order chi connectivity index (χ1) is 4.83. The minimum absolute atomic E-state index is 0.847. The largest absolute Gasteiger partial charge is 0.0847 e. The van der Waals surface area contributed by atoms with Crippen molar-refractivity contribution in [2.24, 2.45) is 0 Å². The van der Waals surface area contributed by atoms with Gasteiger partial charge in [-0.25, -0.2) is 0 Å². The van der Waals surface area contributed by atoms with Crippen LogP contribution in [0.3, 0.4) is 0 Å². The molecule has 1 heteroatoms. The number of halogens is 1. The molecular formula is C9H11Cl. The van der Waals surface area contributed by atoms with Gasteiger partial charge < -0.3 is 0 Å². The zero-order valence-electron chi connectivity index (χ0n) is 6.10. The summed E-state index contributed by atoms with van der Waals surface area (Å²) in [6.45, 7) is 2.15. The summed E-state index contributed by atoms with van der Waals surface area (Å²) >= 11 is 5.78. The standard InChI is InChI=1S/C9H11Cl/c1-2-8-4-3-5-9(10)7-6-8/h4-7H,2-3H2,1H3. The zero-order valence-corrected chi connectivity index (χ0v) is 6.86. The third-order valence-corrected chi connectivity index (χ3v) is 1.84. The van der Waals surface area contributed by atoms with E-state index < -0.39 is 0 Å². The molecule has 0 aliphatic heterocycles. The molecule has 0 atom stereocenters. The van der Waals surface area contributed by atoms with Gasteiger partial charge in [-0.2, -0.15) is 0 Å². The highest BCUT2D eigenvalue weighted by atomic mass is 35.5. The average molecular weight is 155 g/mol. The lowest BCUT2D eigenvalue weighted by Crippen LogP contribution is -1.70.